The van der Waals surface area contributed by atoms with Gasteiger partial charge in [0.2, 0.25) is 5.88 Å². The molecule has 2 heterocycles. The third-order valence-corrected chi connectivity index (χ3v) is 4.19. The van der Waals surface area contributed by atoms with Crippen LogP contribution >= 0.6 is 0 Å². The molecule has 0 saturated carbocycles. The summed E-state index contributed by atoms with van der Waals surface area (Å²) in [7, 11) is 0. The summed E-state index contributed by atoms with van der Waals surface area (Å²) in [4.78, 5) is 9.24. The summed E-state index contributed by atoms with van der Waals surface area (Å²) in [5.74, 6) is 1.77. The zero-order chi connectivity index (χ0) is 19.4. The minimum Gasteiger partial charge on any atom is -0.476 e. The normalized spacial score (nSPS) is 14.2. The Labute approximate surface area is 158 Å². The largest absolute Gasteiger partial charge is 0.476 e. The quantitative estimate of drug-likeness (QED) is 0.452. The third kappa shape index (κ3) is 4.25. The first-order valence-electron chi connectivity index (χ1n) is 9.05. The average Bonchev–Trinajstić information content (AvgIpc) is 3.04. The van der Waals surface area contributed by atoms with Crippen LogP contribution < -0.4 is 10.1 Å². The van der Waals surface area contributed by atoms with Crippen molar-refractivity contribution in [3.05, 3.63) is 47.7 Å². The van der Waals surface area contributed by atoms with E-state index in [4.69, 9.17) is 4.74 Å². The zero-order valence-corrected chi connectivity index (χ0v) is 16.0. The molecule has 7 heteroatoms. The number of nitrogens with zero attached hydrogens (tertiary/aromatic N) is 3. The number of anilines is 1. The summed E-state index contributed by atoms with van der Waals surface area (Å²) in [6.45, 7) is 7.99. The molecule has 0 fully saturated rings. The first-order valence-corrected chi connectivity index (χ1v) is 9.05. The maximum absolute atomic E-state index is 10.2. The molecular formula is C20H25N5O2. The molecular weight excluding hydrogens is 342 g/mol. The molecule has 2 aromatic heterocycles. The van der Waals surface area contributed by atoms with Gasteiger partial charge in [-0.3, -0.25) is 10.1 Å². The molecule has 7 nitrogen and oxygen atoms in total. The van der Waals surface area contributed by atoms with Gasteiger partial charge in [-0.15, -0.1) is 5.10 Å². The van der Waals surface area contributed by atoms with Gasteiger partial charge in [-0.05, 0) is 33.3 Å². The Kier molecular flexibility index (Phi) is 5.71. The number of rotatable bonds is 6. The van der Waals surface area contributed by atoms with Gasteiger partial charge in [-0.2, -0.15) is 0 Å². The molecule has 2 unspecified atom stereocenters. The molecule has 3 aromatic rings. The molecule has 0 bridgehead atoms. The van der Waals surface area contributed by atoms with Crippen molar-refractivity contribution >= 4 is 22.6 Å². The number of H-pyrrole nitrogens is 1. The summed E-state index contributed by atoms with van der Waals surface area (Å²) in [5.41, 5.74) is 2.40. The lowest BCUT2D eigenvalue weighted by Crippen LogP contribution is -2.11. The first kappa shape index (κ1) is 18.8. The summed E-state index contributed by atoms with van der Waals surface area (Å²) in [6.07, 6.45) is -0.758. The molecule has 3 rings (SSSR count). The number of fused-ring (bicyclic) bond motifs is 1. The van der Waals surface area contributed by atoms with Crippen LogP contribution in [0.15, 0.2) is 41.4 Å². The van der Waals surface area contributed by atoms with E-state index >= 15 is 0 Å². The molecule has 0 radical (unpaired) electrons. The minimum atomic E-state index is -0.758. The van der Waals surface area contributed by atoms with Gasteiger partial charge in [0.1, 0.15) is 5.82 Å². The Balaban J connectivity index is 1.89. The van der Waals surface area contributed by atoms with E-state index in [0.29, 0.717) is 29.4 Å². The number of aromatic amines is 1. The summed E-state index contributed by atoms with van der Waals surface area (Å²) < 4.78 is 5.53. The Hall–Kier alpha value is -2.93. The maximum Gasteiger partial charge on any atom is 0.242 e. The van der Waals surface area contributed by atoms with Crippen LogP contribution in [0.5, 0.6) is 5.88 Å². The Bertz CT molecular complexity index is 934. The van der Waals surface area contributed by atoms with Crippen molar-refractivity contribution < 1.29 is 9.84 Å². The number of hydrogen-bond acceptors (Lipinski definition) is 5. The van der Waals surface area contributed by atoms with Crippen LogP contribution in [-0.4, -0.2) is 32.7 Å². The number of pyridine rings is 1. The van der Waals surface area contributed by atoms with Gasteiger partial charge < -0.3 is 15.2 Å². The summed E-state index contributed by atoms with van der Waals surface area (Å²) in [6, 6.07) is 12.0. The highest BCUT2D eigenvalue weighted by molar-refractivity contribution is 5.96. The van der Waals surface area contributed by atoms with E-state index in [1.807, 2.05) is 45.0 Å². The number of amidine groups is 1. The van der Waals surface area contributed by atoms with E-state index in [1.54, 1.807) is 6.92 Å². The predicted molar refractivity (Wildman–Crippen MR) is 107 cm³/mol. The molecule has 0 spiro atoms. The van der Waals surface area contributed by atoms with Gasteiger partial charge in [0.05, 0.1) is 41.2 Å². The molecule has 0 aliphatic heterocycles. The lowest BCUT2D eigenvalue weighted by atomic mass is 10.1. The Morgan fingerprint density at radius 1 is 1.30 bits per heavy atom. The van der Waals surface area contributed by atoms with Gasteiger partial charge in [0.25, 0.3) is 0 Å². The molecule has 0 aliphatic rings. The predicted octanol–water partition coefficient (Wildman–Crippen LogP) is 4.00. The van der Waals surface area contributed by atoms with Crippen molar-refractivity contribution in [3.8, 4) is 5.88 Å². The molecule has 142 valence electrons. The highest BCUT2D eigenvalue weighted by Gasteiger charge is 2.18. The van der Waals surface area contributed by atoms with Gasteiger partial charge in [-0.25, -0.2) is 4.98 Å². The number of aliphatic hydroxyl groups is 1. The van der Waals surface area contributed by atoms with Crippen LogP contribution in [0, 0.1) is 0 Å². The molecule has 1 aromatic carbocycles. The zero-order valence-electron chi connectivity index (χ0n) is 16.0. The summed E-state index contributed by atoms with van der Waals surface area (Å²) >= 11 is 0. The standard InChI is InChI=1S/C20H25N5O2/c1-5-27-20-18-16(24-25-20)11-17(23-19(18)13(3)26)22-14(4)21-12(2)15-9-7-6-8-10-15/h6-13,26H,5H2,1-4H3,(H,24,25)(H,21,22,23). The van der Waals surface area contributed by atoms with Crippen molar-refractivity contribution in [1.82, 2.24) is 15.2 Å². The fourth-order valence-corrected chi connectivity index (χ4v) is 2.97. The smallest absolute Gasteiger partial charge is 0.242 e. The number of nitrogens with one attached hydrogen (secondary N) is 2. The number of aliphatic imine (C=N–C) groups is 1. The van der Waals surface area contributed by atoms with E-state index < -0.39 is 6.10 Å². The molecule has 0 amide bonds. The van der Waals surface area contributed by atoms with E-state index in [9.17, 15) is 5.11 Å². The number of ether oxygens (including phenoxy) is 1. The van der Waals surface area contributed by atoms with Gasteiger partial charge in [-0.1, -0.05) is 30.3 Å². The molecule has 0 aliphatic carbocycles. The molecule has 3 N–H and O–H groups in total. The van der Waals surface area contributed by atoms with Crippen molar-refractivity contribution in [3.63, 3.8) is 0 Å². The van der Waals surface area contributed by atoms with Crippen molar-refractivity contribution in [2.45, 2.75) is 39.8 Å². The lowest BCUT2D eigenvalue weighted by Gasteiger charge is -2.13. The lowest BCUT2D eigenvalue weighted by molar-refractivity contribution is 0.196. The minimum absolute atomic E-state index is 0.0235. The van der Waals surface area contributed by atoms with Gasteiger partial charge in [0.15, 0.2) is 0 Å². The van der Waals surface area contributed by atoms with Crippen LogP contribution in [0.1, 0.15) is 51.1 Å². The Morgan fingerprint density at radius 2 is 2.04 bits per heavy atom. The molecule has 27 heavy (non-hydrogen) atoms. The molecule has 2 atom stereocenters. The monoisotopic (exact) mass is 367 g/mol. The maximum atomic E-state index is 10.2. The fourth-order valence-electron chi connectivity index (χ4n) is 2.97. The molecule has 0 saturated heterocycles. The SMILES string of the molecule is CCOc1n[nH]c2cc(NC(C)=NC(C)c3ccccc3)nc(C(C)O)c12. The second-order valence-corrected chi connectivity index (χ2v) is 6.38. The highest BCUT2D eigenvalue weighted by atomic mass is 16.5. The van der Waals surface area contributed by atoms with Crippen molar-refractivity contribution in [2.75, 3.05) is 11.9 Å². The number of aliphatic hydroxyl groups excluding tert-OH is 1. The topological polar surface area (TPSA) is 95.4 Å². The third-order valence-electron chi connectivity index (χ3n) is 4.19. The van der Waals surface area contributed by atoms with Crippen LogP contribution in [0.4, 0.5) is 5.82 Å². The second kappa shape index (κ2) is 8.18. The summed E-state index contributed by atoms with van der Waals surface area (Å²) in [5, 5.41) is 21.2. The van der Waals surface area contributed by atoms with Crippen LogP contribution in [-0.2, 0) is 0 Å². The van der Waals surface area contributed by atoms with Crippen LogP contribution in [0.3, 0.4) is 0 Å². The number of hydrogen-bond donors (Lipinski definition) is 3. The van der Waals surface area contributed by atoms with Crippen LogP contribution in [0.25, 0.3) is 10.9 Å². The van der Waals surface area contributed by atoms with Crippen molar-refractivity contribution in [2.24, 2.45) is 4.99 Å². The van der Waals surface area contributed by atoms with Gasteiger partial charge >= 0.3 is 0 Å². The highest BCUT2D eigenvalue weighted by Crippen LogP contribution is 2.31. The Morgan fingerprint density at radius 3 is 2.70 bits per heavy atom. The number of aromatic nitrogens is 3. The second-order valence-electron chi connectivity index (χ2n) is 6.38. The van der Waals surface area contributed by atoms with E-state index in [0.717, 1.165) is 16.9 Å². The van der Waals surface area contributed by atoms with Gasteiger partial charge in [0, 0.05) is 6.07 Å². The number of benzene rings is 1. The fraction of sp³-hybridized carbons (Fsp3) is 0.350. The van der Waals surface area contributed by atoms with Crippen LogP contribution in [0.2, 0.25) is 0 Å². The van der Waals surface area contributed by atoms with E-state index in [-0.39, 0.29) is 6.04 Å². The first-order chi connectivity index (χ1) is 13.0. The van der Waals surface area contributed by atoms with E-state index in [2.05, 4.69) is 37.6 Å². The average molecular weight is 367 g/mol. The van der Waals surface area contributed by atoms with Crippen molar-refractivity contribution in [1.29, 1.82) is 0 Å². The van der Waals surface area contributed by atoms with E-state index in [1.165, 1.54) is 0 Å².